The third kappa shape index (κ3) is 3.30. The average Bonchev–Trinajstić information content (AvgIpc) is 2.85. The summed E-state index contributed by atoms with van der Waals surface area (Å²) in [5.74, 6) is 0.113. The lowest BCUT2D eigenvalue weighted by atomic mass is 9.95. The lowest BCUT2D eigenvalue weighted by Crippen LogP contribution is -2.36. The van der Waals surface area contributed by atoms with Crippen LogP contribution in [0, 0.1) is 5.92 Å². The van der Waals surface area contributed by atoms with Crippen LogP contribution in [-0.2, 0) is 22.5 Å². The summed E-state index contributed by atoms with van der Waals surface area (Å²) in [6.45, 7) is 2.12. The number of rotatable bonds is 6. The molecule has 2 N–H and O–H groups in total. The van der Waals surface area contributed by atoms with Gasteiger partial charge in [-0.25, -0.2) is 4.98 Å². The number of fused-ring (bicyclic) bond motifs is 1. The molecule has 1 aromatic heterocycles. The Kier molecular flexibility index (Phi) is 4.72. The molecule has 0 spiro atoms. The molecule has 0 fully saturated rings. The van der Waals surface area contributed by atoms with Gasteiger partial charge in [-0.3, -0.25) is 4.79 Å². The Morgan fingerprint density at radius 2 is 2.50 bits per heavy atom. The number of nitrogens with one attached hydrogen (secondary N) is 1. The molecule has 6 heteroatoms. The van der Waals surface area contributed by atoms with E-state index in [2.05, 4.69) is 14.9 Å². The third-order valence-electron chi connectivity index (χ3n) is 3.12. The fourth-order valence-electron chi connectivity index (χ4n) is 2.15. The minimum Gasteiger partial charge on any atom is -0.394 e. The van der Waals surface area contributed by atoms with E-state index in [0.29, 0.717) is 19.8 Å². The fraction of sp³-hybridized carbons (Fsp3) is 0.667. The van der Waals surface area contributed by atoms with E-state index in [1.165, 1.54) is 0 Å². The number of hydrogen-bond acceptors (Lipinski definition) is 4. The minimum atomic E-state index is 0.0144. The molecule has 100 valence electrons. The molecule has 6 nitrogen and oxygen atoms in total. The van der Waals surface area contributed by atoms with Crippen molar-refractivity contribution in [2.45, 2.75) is 19.4 Å². The van der Waals surface area contributed by atoms with Gasteiger partial charge >= 0.3 is 0 Å². The molecule has 18 heavy (non-hydrogen) atoms. The maximum Gasteiger partial charge on any atom is 0.223 e. The predicted octanol–water partition coefficient (Wildman–Crippen LogP) is -0.429. The van der Waals surface area contributed by atoms with Crippen LogP contribution in [-0.4, -0.2) is 46.9 Å². The van der Waals surface area contributed by atoms with Gasteiger partial charge in [0.25, 0.3) is 0 Å². The first-order valence-corrected chi connectivity index (χ1v) is 6.26. The second kappa shape index (κ2) is 6.51. The molecule has 0 radical (unpaired) electrons. The normalized spacial score (nSPS) is 18.4. The highest BCUT2D eigenvalue weighted by atomic mass is 16.5. The Morgan fingerprint density at radius 3 is 3.33 bits per heavy atom. The number of hydrogen-bond donors (Lipinski definition) is 2. The molecule has 2 rings (SSSR count). The number of carbonyl (C=O) groups is 1. The lowest BCUT2D eigenvalue weighted by molar-refractivity contribution is -0.125. The molecular weight excluding hydrogens is 234 g/mol. The number of aryl methyl sites for hydroxylation is 1. The number of aliphatic hydroxyl groups excluding tert-OH is 1. The van der Waals surface area contributed by atoms with Crippen LogP contribution in [0.3, 0.4) is 0 Å². The Bertz CT molecular complexity index is 392. The van der Waals surface area contributed by atoms with E-state index in [0.717, 1.165) is 25.1 Å². The van der Waals surface area contributed by atoms with Crippen molar-refractivity contribution in [1.29, 1.82) is 0 Å². The van der Waals surface area contributed by atoms with E-state index in [-0.39, 0.29) is 18.4 Å². The smallest absolute Gasteiger partial charge is 0.223 e. The molecule has 1 aliphatic heterocycles. The first kappa shape index (κ1) is 13.0. The van der Waals surface area contributed by atoms with Gasteiger partial charge in [0.1, 0.15) is 0 Å². The molecule has 0 aromatic carbocycles. The summed E-state index contributed by atoms with van der Waals surface area (Å²) >= 11 is 0. The number of imidazole rings is 1. The molecule has 0 saturated heterocycles. The molecule has 2 heterocycles. The number of aliphatic hydroxyl groups is 1. The van der Waals surface area contributed by atoms with Crippen LogP contribution in [0.4, 0.5) is 0 Å². The SMILES string of the molecule is O=C(NCCOCCO)C1CCn2cncc2C1. The molecule has 1 atom stereocenters. The van der Waals surface area contributed by atoms with Crippen molar-refractivity contribution in [3.8, 4) is 0 Å². The van der Waals surface area contributed by atoms with Crippen LogP contribution in [0.25, 0.3) is 0 Å². The van der Waals surface area contributed by atoms with Crippen molar-refractivity contribution in [3.05, 3.63) is 18.2 Å². The molecule has 0 aliphatic carbocycles. The highest BCUT2D eigenvalue weighted by molar-refractivity contribution is 5.79. The molecule has 1 aliphatic rings. The molecule has 0 saturated carbocycles. The van der Waals surface area contributed by atoms with E-state index >= 15 is 0 Å². The van der Waals surface area contributed by atoms with Crippen LogP contribution in [0.5, 0.6) is 0 Å². The maximum atomic E-state index is 11.9. The summed E-state index contributed by atoms with van der Waals surface area (Å²) in [5, 5.41) is 11.4. The number of amides is 1. The van der Waals surface area contributed by atoms with Crippen molar-refractivity contribution in [1.82, 2.24) is 14.9 Å². The first-order valence-electron chi connectivity index (χ1n) is 6.26. The minimum absolute atomic E-state index is 0.0144. The van der Waals surface area contributed by atoms with Crippen molar-refractivity contribution < 1.29 is 14.6 Å². The summed E-state index contributed by atoms with van der Waals surface area (Å²) in [6.07, 6.45) is 5.24. The second-order valence-corrected chi connectivity index (χ2v) is 4.40. The van der Waals surface area contributed by atoms with Crippen LogP contribution in [0.1, 0.15) is 12.1 Å². The molecular formula is C12H19N3O3. The van der Waals surface area contributed by atoms with Crippen molar-refractivity contribution in [2.75, 3.05) is 26.4 Å². The maximum absolute atomic E-state index is 11.9. The van der Waals surface area contributed by atoms with E-state index < -0.39 is 0 Å². The number of nitrogens with zero attached hydrogens (tertiary/aromatic N) is 2. The highest BCUT2D eigenvalue weighted by Crippen LogP contribution is 2.19. The summed E-state index contributed by atoms with van der Waals surface area (Å²) < 4.78 is 7.18. The standard InChI is InChI=1S/C12H19N3O3/c16-4-6-18-5-2-14-12(17)10-1-3-15-9-13-8-11(15)7-10/h8-10,16H,1-7H2,(H,14,17). The number of aromatic nitrogens is 2. The van der Waals surface area contributed by atoms with Crippen LogP contribution >= 0.6 is 0 Å². The quantitative estimate of drug-likeness (QED) is 0.675. The Labute approximate surface area is 106 Å². The van der Waals surface area contributed by atoms with Crippen molar-refractivity contribution in [2.24, 2.45) is 5.92 Å². The Hall–Kier alpha value is -1.40. The highest BCUT2D eigenvalue weighted by Gasteiger charge is 2.24. The molecule has 1 amide bonds. The topological polar surface area (TPSA) is 76.4 Å². The van der Waals surface area contributed by atoms with Gasteiger partial charge in [-0.2, -0.15) is 0 Å². The van der Waals surface area contributed by atoms with E-state index in [9.17, 15) is 4.79 Å². The largest absolute Gasteiger partial charge is 0.394 e. The Balaban J connectivity index is 1.71. The molecule has 1 unspecified atom stereocenters. The first-order chi connectivity index (χ1) is 8.81. The summed E-state index contributed by atoms with van der Waals surface area (Å²) in [7, 11) is 0. The van der Waals surface area contributed by atoms with Gasteiger partial charge in [0, 0.05) is 37.3 Å². The monoisotopic (exact) mass is 253 g/mol. The van der Waals surface area contributed by atoms with Crippen LogP contribution in [0.2, 0.25) is 0 Å². The van der Waals surface area contributed by atoms with Gasteiger partial charge in [-0.1, -0.05) is 0 Å². The fourth-order valence-corrected chi connectivity index (χ4v) is 2.15. The molecule has 0 bridgehead atoms. The third-order valence-corrected chi connectivity index (χ3v) is 3.12. The van der Waals surface area contributed by atoms with Gasteiger partial charge in [-0.05, 0) is 6.42 Å². The van der Waals surface area contributed by atoms with Gasteiger partial charge in [0.2, 0.25) is 5.91 Å². The number of carbonyl (C=O) groups excluding carboxylic acids is 1. The second-order valence-electron chi connectivity index (χ2n) is 4.40. The van der Waals surface area contributed by atoms with Gasteiger partial charge in [0.15, 0.2) is 0 Å². The van der Waals surface area contributed by atoms with E-state index in [1.807, 2.05) is 12.5 Å². The molecule has 1 aromatic rings. The van der Waals surface area contributed by atoms with Gasteiger partial charge in [-0.15, -0.1) is 0 Å². The zero-order chi connectivity index (χ0) is 12.8. The van der Waals surface area contributed by atoms with Crippen molar-refractivity contribution >= 4 is 5.91 Å². The van der Waals surface area contributed by atoms with Crippen LogP contribution in [0.15, 0.2) is 12.5 Å². The zero-order valence-electron chi connectivity index (χ0n) is 10.3. The van der Waals surface area contributed by atoms with Crippen molar-refractivity contribution in [3.63, 3.8) is 0 Å². The Morgan fingerprint density at radius 1 is 1.61 bits per heavy atom. The lowest BCUT2D eigenvalue weighted by Gasteiger charge is -2.22. The summed E-state index contributed by atoms with van der Waals surface area (Å²) in [5.41, 5.74) is 1.12. The zero-order valence-corrected chi connectivity index (χ0v) is 10.3. The number of ether oxygens (including phenoxy) is 1. The van der Waals surface area contributed by atoms with E-state index in [4.69, 9.17) is 9.84 Å². The summed E-state index contributed by atoms with van der Waals surface area (Å²) in [6, 6.07) is 0. The predicted molar refractivity (Wildman–Crippen MR) is 65.0 cm³/mol. The average molecular weight is 253 g/mol. The van der Waals surface area contributed by atoms with Gasteiger partial charge in [0.05, 0.1) is 26.1 Å². The summed E-state index contributed by atoms with van der Waals surface area (Å²) in [4.78, 5) is 16.0. The van der Waals surface area contributed by atoms with Crippen LogP contribution < -0.4 is 5.32 Å². The van der Waals surface area contributed by atoms with Gasteiger partial charge < -0.3 is 19.7 Å². The van der Waals surface area contributed by atoms with E-state index in [1.54, 1.807) is 0 Å².